The number of amides is 4. The molecule has 0 radical (unpaired) electrons. The fraction of sp³-hybridized carbons (Fsp3) is 0.0769. The predicted molar refractivity (Wildman–Crippen MR) is 290 cm³/mol. The van der Waals surface area contributed by atoms with E-state index >= 15 is 0 Å². The maximum absolute atomic E-state index is 13.0. The molecule has 2 aliphatic rings. The molecule has 0 aliphatic carbocycles. The van der Waals surface area contributed by atoms with Gasteiger partial charge in [0.2, 0.25) is 23.6 Å². The van der Waals surface area contributed by atoms with Gasteiger partial charge in [-0.1, -0.05) is 137 Å². The van der Waals surface area contributed by atoms with Gasteiger partial charge in [0.1, 0.15) is 0 Å². The number of aromatic nitrogens is 4. The van der Waals surface area contributed by atoms with Crippen LogP contribution in [0.15, 0.2) is 121 Å². The highest BCUT2D eigenvalue weighted by atomic mass is 79.9. The molecule has 4 amide bonds. The summed E-state index contributed by atoms with van der Waals surface area (Å²) in [5, 5.41) is 12.6. The van der Waals surface area contributed by atoms with E-state index in [9.17, 15) is 19.2 Å². The number of carbonyl (C=O) groups excluding carboxylic acids is 4. The molecule has 16 heteroatoms. The highest BCUT2D eigenvalue weighted by Gasteiger charge is 2.23. The Hall–Kier alpha value is -6.72. The lowest BCUT2D eigenvalue weighted by Crippen LogP contribution is -2.13. The van der Waals surface area contributed by atoms with Crippen LogP contribution in [-0.2, 0) is 19.2 Å². The average Bonchev–Trinajstić information content (AvgIpc) is 4.22. The van der Waals surface area contributed by atoms with Gasteiger partial charge >= 0.3 is 0 Å². The van der Waals surface area contributed by atoms with Gasteiger partial charge in [0.25, 0.3) is 0 Å². The van der Waals surface area contributed by atoms with E-state index in [4.69, 9.17) is 9.97 Å². The number of nitrogens with one attached hydrogen (secondary N) is 6. The zero-order chi connectivity index (χ0) is 47.3. The Morgan fingerprint density at radius 2 is 0.574 bits per heavy atom. The summed E-state index contributed by atoms with van der Waals surface area (Å²) >= 11 is 13.2. The molecule has 0 saturated carbocycles. The maximum atomic E-state index is 13.0. The van der Waals surface area contributed by atoms with Crippen molar-refractivity contribution in [3.05, 3.63) is 144 Å². The number of anilines is 4. The smallest absolute Gasteiger partial charge is 0.235 e. The third-order valence-electron chi connectivity index (χ3n) is 11.1. The molecule has 8 bridgehead atoms. The van der Waals surface area contributed by atoms with Gasteiger partial charge in [0.15, 0.2) is 0 Å². The Morgan fingerprint density at radius 3 is 0.794 bits per heavy atom. The van der Waals surface area contributed by atoms with E-state index in [1.807, 2.05) is 146 Å². The summed E-state index contributed by atoms with van der Waals surface area (Å²) in [6.07, 6.45) is 7.76. The van der Waals surface area contributed by atoms with Gasteiger partial charge in [-0.05, 0) is 72.8 Å². The summed E-state index contributed by atoms with van der Waals surface area (Å²) in [6, 6.07) is 38.1. The summed E-state index contributed by atoms with van der Waals surface area (Å²) in [4.78, 5) is 70.2. The SMILES string of the molecule is O=C(CBr)Nc1ccccc1-c1c2nc(c(-c3ccccc3NC(=O)CBr)c3ccc([nH]3)c(-c3ccccc3NC(=O)CBr)c3nc(c(-c4ccccc4NC(=O)CBr)c4ccc1[nH]4)C=C3)C=C2. The number of nitrogens with zero attached hydrogens (tertiary/aromatic N) is 2. The standard InChI is InChI=1S/C52H38Br4N8O4/c53-25-45(65)61-33-13-5-1-9-29(33)49-37-17-19-39(57-37)50(30-10-2-6-14-34(30)62-46(66)26-54)41-21-23-43(59-41)52(32-12-4-8-16-36(32)64-48(68)28-56)44-24-22-42(60-44)51(40-20-18-38(49)58-40)31-11-3-7-15-35(31)63-47(67)27-55/h1-24,57,60H,25-28H2,(H,61,65)(H,62,66)(H,63,67)(H,64,68). The summed E-state index contributed by atoms with van der Waals surface area (Å²) in [6.45, 7) is 0. The van der Waals surface area contributed by atoms with Crippen molar-refractivity contribution in [3.63, 3.8) is 0 Å². The van der Waals surface area contributed by atoms with Crippen molar-refractivity contribution in [2.45, 2.75) is 0 Å². The number of benzene rings is 4. The van der Waals surface area contributed by atoms with Crippen molar-refractivity contribution in [2.24, 2.45) is 0 Å². The molecule has 2 aliphatic heterocycles. The molecule has 6 N–H and O–H groups in total. The molecule has 68 heavy (non-hydrogen) atoms. The maximum Gasteiger partial charge on any atom is 0.235 e. The lowest BCUT2D eigenvalue weighted by atomic mass is 10.0. The molecule has 0 atom stereocenters. The van der Waals surface area contributed by atoms with Gasteiger partial charge in [-0.25, -0.2) is 9.97 Å². The zero-order valence-corrected chi connectivity index (χ0v) is 42.1. The second-order valence-corrected chi connectivity index (χ2v) is 17.7. The summed E-state index contributed by atoms with van der Waals surface area (Å²) < 4.78 is 0. The monoisotopic (exact) mass is 1150 g/mol. The minimum absolute atomic E-state index is 0.0950. The fourth-order valence-corrected chi connectivity index (χ4v) is 8.87. The first-order chi connectivity index (χ1) is 33.2. The van der Waals surface area contributed by atoms with Crippen LogP contribution in [0.2, 0.25) is 0 Å². The van der Waals surface area contributed by atoms with E-state index in [1.165, 1.54) is 0 Å². The van der Waals surface area contributed by atoms with Crippen LogP contribution in [0.3, 0.4) is 0 Å². The quantitative estimate of drug-likeness (QED) is 0.0664. The number of hydrogen-bond acceptors (Lipinski definition) is 6. The topological polar surface area (TPSA) is 174 Å². The van der Waals surface area contributed by atoms with Crippen molar-refractivity contribution in [1.82, 2.24) is 19.9 Å². The third kappa shape index (κ3) is 9.54. The molecule has 338 valence electrons. The molecule has 12 nitrogen and oxygen atoms in total. The Kier molecular flexibility index (Phi) is 14.1. The van der Waals surface area contributed by atoms with Gasteiger partial charge in [-0.3, -0.25) is 19.2 Å². The van der Waals surface area contributed by atoms with Crippen molar-refractivity contribution in [3.8, 4) is 44.5 Å². The van der Waals surface area contributed by atoms with Crippen LogP contribution < -0.4 is 21.3 Å². The summed E-state index contributed by atoms with van der Waals surface area (Å²) in [5.74, 6) is -0.907. The number of rotatable bonds is 12. The first-order valence-electron chi connectivity index (χ1n) is 21.1. The van der Waals surface area contributed by atoms with Crippen LogP contribution in [0, 0.1) is 0 Å². The Bertz CT molecular complexity index is 2980. The number of carbonyl (C=O) groups is 4. The number of fused-ring (bicyclic) bond motifs is 8. The van der Waals surface area contributed by atoms with Crippen LogP contribution in [0.1, 0.15) is 22.8 Å². The van der Waals surface area contributed by atoms with Crippen molar-refractivity contribution in [2.75, 3.05) is 42.6 Å². The van der Waals surface area contributed by atoms with Crippen LogP contribution >= 0.6 is 63.7 Å². The van der Waals surface area contributed by atoms with Gasteiger partial charge in [0, 0.05) is 89.3 Å². The van der Waals surface area contributed by atoms with Gasteiger partial charge in [-0.15, -0.1) is 0 Å². The lowest BCUT2D eigenvalue weighted by Gasteiger charge is -2.13. The van der Waals surface area contributed by atoms with Crippen LogP contribution in [0.4, 0.5) is 22.7 Å². The molecular weight excluding hydrogens is 1120 g/mol. The lowest BCUT2D eigenvalue weighted by molar-refractivity contribution is -0.114. The number of aromatic amines is 2. The second-order valence-electron chi connectivity index (χ2n) is 15.4. The molecule has 9 rings (SSSR count). The van der Waals surface area contributed by atoms with E-state index in [-0.39, 0.29) is 44.9 Å². The zero-order valence-electron chi connectivity index (χ0n) is 35.7. The van der Waals surface area contributed by atoms with E-state index in [1.54, 1.807) is 0 Å². The molecule has 0 fully saturated rings. The second kappa shape index (κ2) is 20.7. The number of hydrogen-bond donors (Lipinski definition) is 6. The highest BCUT2D eigenvalue weighted by molar-refractivity contribution is 9.10. The van der Waals surface area contributed by atoms with Crippen molar-refractivity contribution < 1.29 is 19.2 Å². The number of para-hydroxylation sites is 4. The molecular formula is C52H38Br4N8O4. The first kappa shape index (κ1) is 46.4. The largest absolute Gasteiger partial charge is 0.354 e. The van der Waals surface area contributed by atoms with Crippen LogP contribution in [-0.4, -0.2) is 64.9 Å². The average molecular weight is 1160 g/mol. The van der Waals surface area contributed by atoms with Gasteiger partial charge in [-0.2, -0.15) is 0 Å². The van der Waals surface area contributed by atoms with Crippen LogP contribution in [0.25, 0.3) is 90.9 Å². The minimum atomic E-state index is -0.227. The minimum Gasteiger partial charge on any atom is -0.354 e. The molecule has 4 aromatic carbocycles. The number of halogens is 4. The molecule has 0 unspecified atom stereocenters. The number of alkyl halides is 4. The summed E-state index contributed by atoms with van der Waals surface area (Å²) in [7, 11) is 0. The van der Waals surface area contributed by atoms with Crippen LogP contribution in [0.5, 0.6) is 0 Å². The molecule has 5 heterocycles. The molecule has 7 aromatic rings. The first-order valence-corrected chi connectivity index (χ1v) is 25.6. The Balaban J connectivity index is 1.48. The van der Waals surface area contributed by atoms with Gasteiger partial charge < -0.3 is 31.2 Å². The fourth-order valence-electron chi connectivity index (χ4n) is 8.31. The van der Waals surface area contributed by atoms with E-state index < -0.39 is 0 Å². The normalized spacial score (nSPS) is 11.6. The Labute approximate surface area is 423 Å². The molecule has 0 spiro atoms. The number of H-pyrrole nitrogens is 2. The third-order valence-corrected chi connectivity index (χ3v) is 13.2. The van der Waals surface area contributed by atoms with E-state index in [0.29, 0.717) is 112 Å². The van der Waals surface area contributed by atoms with Crippen molar-refractivity contribution in [1.29, 1.82) is 0 Å². The van der Waals surface area contributed by atoms with Gasteiger partial charge in [0.05, 0.1) is 44.1 Å². The molecule has 3 aromatic heterocycles. The summed E-state index contributed by atoms with van der Waals surface area (Å²) in [5.41, 5.74) is 13.0. The van der Waals surface area contributed by atoms with Crippen molar-refractivity contribution >= 4 is 156 Å². The van der Waals surface area contributed by atoms with E-state index in [0.717, 1.165) is 0 Å². The predicted octanol–water partition coefficient (Wildman–Crippen LogP) is 12.7. The highest BCUT2D eigenvalue weighted by Crippen LogP contribution is 2.43. The molecule has 0 saturated heterocycles. The van der Waals surface area contributed by atoms with E-state index in [2.05, 4.69) is 95.0 Å². The Morgan fingerprint density at radius 1 is 0.353 bits per heavy atom.